The summed E-state index contributed by atoms with van der Waals surface area (Å²) in [4.78, 5) is 0. The van der Waals surface area contributed by atoms with E-state index in [1.165, 1.54) is 0 Å². The van der Waals surface area contributed by atoms with E-state index >= 15 is 0 Å². The van der Waals surface area contributed by atoms with Crippen molar-refractivity contribution in [1.29, 1.82) is 0 Å². The van der Waals surface area contributed by atoms with Crippen molar-refractivity contribution >= 4 is 0 Å². The van der Waals surface area contributed by atoms with E-state index in [4.69, 9.17) is 9.47 Å². The molecule has 1 atom stereocenters. The highest BCUT2D eigenvalue weighted by molar-refractivity contribution is 4.81. The van der Waals surface area contributed by atoms with Gasteiger partial charge in [0.15, 0.2) is 0 Å². The molecule has 1 aliphatic heterocycles. The molecule has 0 aromatic carbocycles. The van der Waals surface area contributed by atoms with Crippen molar-refractivity contribution in [3.05, 3.63) is 0 Å². The van der Waals surface area contributed by atoms with Crippen LogP contribution in [0.3, 0.4) is 0 Å². The first-order valence-electron chi connectivity index (χ1n) is 3.65. The molecule has 0 bridgehead atoms. The molecule has 10 heavy (non-hydrogen) atoms. The highest BCUT2D eigenvalue weighted by Crippen LogP contribution is 2.13. The van der Waals surface area contributed by atoms with Crippen molar-refractivity contribution in [2.45, 2.75) is 32.7 Å². The topological polar surface area (TPSA) is 30.5 Å². The maximum Gasteiger partial charge on any atom is 0.216 e. The van der Waals surface area contributed by atoms with Gasteiger partial charge in [-0.05, 0) is 20.8 Å². The minimum absolute atomic E-state index is 0.0693. The summed E-state index contributed by atoms with van der Waals surface area (Å²) < 4.78 is 10.5. The minimum atomic E-state index is -0.194. The largest absolute Gasteiger partial charge is 0.340 e. The van der Waals surface area contributed by atoms with E-state index in [0.717, 1.165) is 6.61 Å². The zero-order valence-corrected chi connectivity index (χ0v) is 6.81. The van der Waals surface area contributed by atoms with Gasteiger partial charge in [0.05, 0.1) is 6.61 Å². The summed E-state index contributed by atoms with van der Waals surface area (Å²) in [5.41, 5.74) is 0.0693. The Balaban J connectivity index is 2.29. The van der Waals surface area contributed by atoms with E-state index in [0.29, 0.717) is 6.61 Å². The molecule has 0 radical (unpaired) electrons. The summed E-state index contributed by atoms with van der Waals surface area (Å²) in [5, 5.41) is 3.19. The van der Waals surface area contributed by atoms with Gasteiger partial charge in [0.2, 0.25) is 6.41 Å². The molecule has 60 valence electrons. The zero-order valence-electron chi connectivity index (χ0n) is 6.81. The van der Waals surface area contributed by atoms with Gasteiger partial charge in [0.1, 0.15) is 0 Å². The lowest BCUT2D eigenvalue weighted by atomic mass is 10.1. The fourth-order valence-electron chi connectivity index (χ4n) is 0.928. The smallest absolute Gasteiger partial charge is 0.216 e. The van der Waals surface area contributed by atoms with Crippen LogP contribution in [-0.2, 0) is 9.47 Å². The third-order valence-electron chi connectivity index (χ3n) is 1.42. The number of nitrogens with one attached hydrogen (secondary N) is 1. The van der Waals surface area contributed by atoms with Crippen molar-refractivity contribution in [3.63, 3.8) is 0 Å². The van der Waals surface area contributed by atoms with E-state index in [2.05, 4.69) is 19.2 Å². The average molecular weight is 145 g/mol. The molecule has 0 aromatic heterocycles. The van der Waals surface area contributed by atoms with Gasteiger partial charge in [-0.1, -0.05) is 0 Å². The highest BCUT2D eigenvalue weighted by Gasteiger charge is 2.30. The van der Waals surface area contributed by atoms with Crippen LogP contribution in [0.25, 0.3) is 0 Å². The summed E-state index contributed by atoms with van der Waals surface area (Å²) in [5.74, 6) is 0. The summed E-state index contributed by atoms with van der Waals surface area (Å²) in [6, 6.07) is 0. The number of ether oxygens (including phenoxy) is 2. The molecule has 1 saturated heterocycles. The van der Waals surface area contributed by atoms with Gasteiger partial charge in [0, 0.05) is 12.1 Å². The molecule has 1 heterocycles. The summed E-state index contributed by atoms with van der Waals surface area (Å²) in [6.45, 7) is 7.54. The second-order valence-corrected chi connectivity index (χ2v) is 3.13. The molecular weight excluding hydrogens is 130 g/mol. The molecular formula is C7H15NO2. The monoisotopic (exact) mass is 145 g/mol. The Morgan fingerprint density at radius 2 is 2.40 bits per heavy atom. The first kappa shape index (κ1) is 7.98. The normalized spacial score (nSPS) is 30.9. The second-order valence-electron chi connectivity index (χ2n) is 3.13. The van der Waals surface area contributed by atoms with Gasteiger partial charge in [-0.3, -0.25) is 5.32 Å². The molecule has 1 fully saturated rings. The zero-order chi connectivity index (χ0) is 7.61. The number of hydrogen-bond donors (Lipinski definition) is 1. The van der Waals surface area contributed by atoms with Crippen molar-refractivity contribution in [1.82, 2.24) is 5.32 Å². The van der Waals surface area contributed by atoms with Crippen LogP contribution in [0.4, 0.5) is 0 Å². The molecule has 3 heteroatoms. The van der Waals surface area contributed by atoms with Crippen LogP contribution in [0.5, 0.6) is 0 Å². The van der Waals surface area contributed by atoms with E-state index < -0.39 is 0 Å². The standard InChI is InChI=1S/C7H15NO2/c1-4-9-6-8-7(2,3)5-10-6/h6,8H,4-5H2,1-3H3. The molecule has 1 unspecified atom stereocenters. The van der Waals surface area contributed by atoms with Crippen molar-refractivity contribution < 1.29 is 9.47 Å². The van der Waals surface area contributed by atoms with Crippen LogP contribution in [-0.4, -0.2) is 25.2 Å². The first-order chi connectivity index (χ1) is 4.64. The van der Waals surface area contributed by atoms with Gasteiger partial charge < -0.3 is 9.47 Å². The maximum atomic E-state index is 5.28. The van der Waals surface area contributed by atoms with Gasteiger partial charge in [-0.2, -0.15) is 0 Å². The van der Waals surface area contributed by atoms with Crippen LogP contribution >= 0.6 is 0 Å². The van der Waals surface area contributed by atoms with Gasteiger partial charge in [-0.15, -0.1) is 0 Å². The lowest BCUT2D eigenvalue weighted by molar-refractivity contribution is -0.118. The third-order valence-corrected chi connectivity index (χ3v) is 1.42. The van der Waals surface area contributed by atoms with Crippen molar-refractivity contribution in [2.75, 3.05) is 13.2 Å². The molecule has 1 rings (SSSR count). The fraction of sp³-hybridized carbons (Fsp3) is 1.00. The molecule has 0 spiro atoms. The fourth-order valence-corrected chi connectivity index (χ4v) is 0.928. The van der Waals surface area contributed by atoms with Crippen LogP contribution in [0.15, 0.2) is 0 Å². The number of hydrogen-bond acceptors (Lipinski definition) is 3. The third kappa shape index (κ3) is 1.94. The van der Waals surface area contributed by atoms with E-state index in [-0.39, 0.29) is 12.0 Å². The van der Waals surface area contributed by atoms with Gasteiger partial charge >= 0.3 is 0 Å². The molecule has 1 aliphatic rings. The van der Waals surface area contributed by atoms with Gasteiger partial charge in [-0.25, -0.2) is 0 Å². The molecule has 0 aromatic rings. The Morgan fingerprint density at radius 1 is 1.70 bits per heavy atom. The highest BCUT2D eigenvalue weighted by atomic mass is 16.7. The van der Waals surface area contributed by atoms with Crippen LogP contribution in [0.2, 0.25) is 0 Å². The Bertz CT molecular complexity index is 114. The quantitative estimate of drug-likeness (QED) is 0.620. The van der Waals surface area contributed by atoms with E-state index in [1.807, 2.05) is 6.92 Å². The van der Waals surface area contributed by atoms with Crippen LogP contribution < -0.4 is 5.32 Å². The van der Waals surface area contributed by atoms with Gasteiger partial charge in [0.25, 0.3) is 0 Å². The SMILES string of the molecule is CCOC1NC(C)(C)CO1. The maximum absolute atomic E-state index is 5.28. The Kier molecular flexibility index (Phi) is 2.28. The number of rotatable bonds is 2. The molecule has 1 N–H and O–H groups in total. The molecule has 0 saturated carbocycles. The van der Waals surface area contributed by atoms with Crippen LogP contribution in [0, 0.1) is 0 Å². The Hall–Kier alpha value is -0.120. The summed E-state index contributed by atoms with van der Waals surface area (Å²) >= 11 is 0. The first-order valence-corrected chi connectivity index (χ1v) is 3.65. The lowest BCUT2D eigenvalue weighted by Crippen LogP contribution is -2.40. The van der Waals surface area contributed by atoms with Crippen LogP contribution in [0.1, 0.15) is 20.8 Å². The Morgan fingerprint density at radius 3 is 2.80 bits per heavy atom. The minimum Gasteiger partial charge on any atom is -0.340 e. The summed E-state index contributed by atoms with van der Waals surface area (Å²) in [7, 11) is 0. The van der Waals surface area contributed by atoms with E-state index in [1.54, 1.807) is 0 Å². The van der Waals surface area contributed by atoms with Crippen molar-refractivity contribution in [3.8, 4) is 0 Å². The molecule has 3 nitrogen and oxygen atoms in total. The average Bonchev–Trinajstić information content (AvgIpc) is 2.12. The predicted molar refractivity (Wildman–Crippen MR) is 38.6 cm³/mol. The summed E-state index contributed by atoms with van der Waals surface area (Å²) in [6.07, 6.45) is -0.194. The molecule has 0 aliphatic carbocycles. The van der Waals surface area contributed by atoms with Crippen molar-refractivity contribution in [2.24, 2.45) is 0 Å². The molecule has 0 amide bonds. The second kappa shape index (κ2) is 2.86. The predicted octanol–water partition coefficient (Wildman–Crippen LogP) is 0.705. The van der Waals surface area contributed by atoms with E-state index in [9.17, 15) is 0 Å². The lowest BCUT2D eigenvalue weighted by Gasteiger charge is -2.16. The Labute approximate surface area is 61.7 Å².